The summed E-state index contributed by atoms with van der Waals surface area (Å²) >= 11 is 5.95. The smallest absolute Gasteiger partial charge is 0.344 e. The SMILES string of the molecule is CC(Oc1ccc([C@@H](C)N)cc1Cl)C(=O)O. The first kappa shape index (κ1) is 12.8. The van der Waals surface area contributed by atoms with Crippen molar-refractivity contribution >= 4 is 17.6 Å². The molecule has 0 aliphatic heterocycles. The summed E-state index contributed by atoms with van der Waals surface area (Å²) < 4.78 is 5.17. The normalized spacial score (nSPS) is 14.2. The Balaban J connectivity index is 2.87. The van der Waals surface area contributed by atoms with Crippen LogP contribution in [0.25, 0.3) is 0 Å². The molecule has 1 unspecified atom stereocenters. The van der Waals surface area contributed by atoms with Crippen LogP contribution in [0.15, 0.2) is 18.2 Å². The van der Waals surface area contributed by atoms with Gasteiger partial charge in [0.05, 0.1) is 5.02 Å². The van der Waals surface area contributed by atoms with Crippen molar-refractivity contribution in [3.63, 3.8) is 0 Å². The zero-order chi connectivity index (χ0) is 12.3. The largest absolute Gasteiger partial charge is 0.479 e. The second-order valence-corrected chi connectivity index (χ2v) is 3.98. The molecule has 0 aliphatic rings. The molecule has 0 spiro atoms. The first-order chi connectivity index (χ1) is 7.41. The van der Waals surface area contributed by atoms with Crippen LogP contribution in [0.5, 0.6) is 5.75 Å². The highest BCUT2D eigenvalue weighted by Crippen LogP contribution is 2.28. The van der Waals surface area contributed by atoms with Crippen molar-refractivity contribution in [1.29, 1.82) is 0 Å². The highest BCUT2D eigenvalue weighted by molar-refractivity contribution is 6.32. The predicted molar refractivity (Wildman–Crippen MR) is 61.8 cm³/mol. The van der Waals surface area contributed by atoms with Crippen molar-refractivity contribution in [2.45, 2.75) is 26.0 Å². The monoisotopic (exact) mass is 243 g/mol. The fourth-order valence-corrected chi connectivity index (χ4v) is 1.37. The van der Waals surface area contributed by atoms with Gasteiger partial charge in [-0.25, -0.2) is 4.79 Å². The molecular formula is C11H14ClNO3. The van der Waals surface area contributed by atoms with Crippen LogP contribution in [0.3, 0.4) is 0 Å². The Morgan fingerprint density at radius 2 is 2.12 bits per heavy atom. The van der Waals surface area contributed by atoms with Gasteiger partial charge in [-0.2, -0.15) is 0 Å². The van der Waals surface area contributed by atoms with Crippen LogP contribution in [0.1, 0.15) is 25.5 Å². The molecule has 5 heteroatoms. The summed E-state index contributed by atoms with van der Waals surface area (Å²) in [6.45, 7) is 3.28. The van der Waals surface area contributed by atoms with E-state index in [2.05, 4.69) is 0 Å². The number of hydrogen-bond acceptors (Lipinski definition) is 3. The fourth-order valence-electron chi connectivity index (χ4n) is 1.14. The predicted octanol–water partition coefficient (Wildman–Crippen LogP) is 2.21. The third-order valence-electron chi connectivity index (χ3n) is 2.13. The third-order valence-corrected chi connectivity index (χ3v) is 2.43. The van der Waals surface area contributed by atoms with Crippen molar-refractivity contribution in [1.82, 2.24) is 0 Å². The number of carbonyl (C=O) groups is 1. The van der Waals surface area contributed by atoms with Gasteiger partial charge in [0.2, 0.25) is 0 Å². The molecule has 88 valence electrons. The van der Waals surface area contributed by atoms with E-state index in [0.717, 1.165) is 5.56 Å². The number of carboxylic acids is 1. The van der Waals surface area contributed by atoms with E-state index in [-0.39, 0.29) is 6.04 Å². The van der Waals surface area contributed by atoms with Crippen molar-refractivity contribution in [2.24, 2.45) is 5.73 Å². The minimum absolute atomic E-state index is 0.122. The molecule has 1 aromatic carbocycles. The van der Waals surface area contributed by atoms with Gasteiger partial charge in [-0.3, -0.25) is 0 Å². The average molecular weight is 244 g/mol. The van der Waals surface area contributed by atoms with E-state index in [1.807, 2.05) is 6.92 Å². The van der Waals surface area contributed by atoms with E-state index in [1.54, 1.807) is 18.2 Å². The summed E-state index contributed by atoms with van der Waals surface area (Å²) in [6, 6.07) is 4.94. The van der Waals surface area contributed by atoms with Gasteiger partial charge >= 0.3 is 5.97 Å². The standard InChI is InChI=1S/C11H14ClNO3/c1-6(13)8-3-4-10(9(12)5-8)16-7(2)11(14)15/h3-7H,13H2,1-2H3,(H,14,15)/t6-,7?/m1/s1. The minimum atomic E-state index is -1.03. The van der Waals surface area contributed by atoms with Crippen LogP contribution in [0, 0.1) is 0 Å². The van der Waals surface area contributed by atoms with E-state index >= 15 is 0 Å². The number of aliphatic carboxylic acids is 1. The summed E-state index contributed by atoms with van der Waals surface area (Å²) in [5.74, 6) is -0.687. The first-order valence-corrected chi connectivity index (χ1v) is 5.24. The maximum Gasteiger partial charge on any atom is 0.344 e. The lowest BCUT2D eigenvalue weighted by Crippen LogP contribution is -2.23. The minimum Gasteiger partial charge on any atom is -0.479 e. The van der Waals surface area contributed by atoms with Crippen LogP contribution < -0.4 is 10.5 Å². The maximum atomic E-state index is 10.6. The third kappa shape index (κ3) is 3.12. The Morgan fingerprint density at radius 1 is 1.50 bits per heavy atom. The highest BCUT2D eigenvalue weighted by Gasteiger charge is 2.14. The fraction of sp³-hybridized carbons (Fsp3) is 0.364. The number of carboxylic acid groups (broad SMARTS) is 1. The molecule has 0 aliphatic carbocycles. The molecule has 0 saturated heterocycles. The molecule has 1 rings (SSSR count). The van der Waals surface area contributed by atoms with Crippen LogP contribution >= 0.6 is 11.6 Å². The number of nitrogens with two attached hydrogens (primary N) is 1. The number of ether oxygens (including phenoxy) is 1. The number of benzene rings is 1. The lowest BCUT2D eigenvalue weighted by atomic mass is 10.1. The van der Waals surface area contributed by atoms with E-state index in [0.29, 0.717) is 10.8 Å². The van der Waals surface area contributed by atoms with E-state index in [9.17, 15) is 4.79 Å². The van der Waals surface area contributed by atoms with Gasteiger partial charge in [0.15, 0.2) is 6.10 Å². The zero-order valence-corrected chi connectivity index (χ0v) is 9.86. The molecule has 2 atom stereocenters. The maximum absolute atomic E-state index is 10.6. The topological polar surface area (TPSA) is 72.5 Å². The summed E-state index contributed by atoms with van der Waals surface area (Å²) in [7, 11) is 0. The number of halogens is 1. The first-order valence-electron chi connectivity index (χ1n) is 4.86. The molecule has 1 aromatic rings. The van der Waals surface area contributed by atoms with Gasteiger partial charge in [0.1, 0.15) is 5.75 Å². The number of rotatable bonds is 4. The van der Waals surface area contributed by atoms with Gasteiger partial charge in [-0.1, -0.05) is 17.7 Å². The highest BCUT2D eigenvalue weighted by atomic mass is 35.5. The molecular weight excluding hydrogens is 230 g/mol. The molecule has 0 heterocycles. The molecule has 3 N–H and O–H groups in total. The summed E-state index contributed by atoms with van der Waals surface area (Å²) in [5.41, 5.74) is 6.56. The van der Waals surface area contributed by atoms with E-state index in [4.69, 9.17) is 27.2 Å². The van der Waals surface area contributed by atoms with Gasteiger partial charge in [0.25, 0.3) is 0 Å². The molecule has 0 aromatic heterocycles. The molecule has 4 nitrogen and oxygen atoms in total. The van der Waals surface area contributed by atoms with E-state index < -0.39 is 12.1 Å². The summed E-state index contributed by atoms with van der Waals surface area (Å²) in [5, 5.41) is 9.05. The van der Waals surface area contributed by atoms with Crippen LogP contribution in [-0.4, -0.2) is 17.2 Å². The Kier molecular flexibility index (Phi) is 4.15. The molecule has 0 radical (unpaired) electrons. The van der Waals surface area contributed by atoms with E-state index in [1.165, 1.54) is 6.92 Å². The lowest BCUT2D eigenvalue weighted by molar-refractivity contribution is -0.144. The van der Waals surface area contributed by atoms with Crippen LogP contribution in [0.2, 0.25) is 5.02 Å². The van der Waals surface area contributed by atoms with Crippen LogP contribution in [-0.2, 0) is 4.79 Å². The van der Waals surface area contributed by atoms with Crippen molar-refractivity contribution in [3.8, 4) is 5.75 Å². The second-order valence-electron chi connectivity index (χ2n) is 3.58. The van der Waals surface area contributed by atoms with Gasteiger partial charge in [0, 0.05) is 6.04 Å². The Labute approximate surface area is 99.0 Å². The van der Waals surface area contributed by atoms with Crippen molar-refractivity contribution in [3.05, 3.63) is 28.8 Å². The molecule has 0 fully saturated rings. The van der Waals surface area contributed by atoms with Crippen molar-refractivity contribution in [2.75, 3.05) is 0 Å². The quantitative estimate of drug-likeness (QED) is 0.851. The van der Waals surface area contributed by atoms with Gasteiger partial charge in [-0.05, 0) is 31.5 Å². The van der Waals surface area contributed by atoms with Crippen molar-refractivity contribution < 1.29 is 14.6 Å². The summed E-state index contributed by atoms with van der Waals surface area (Å²) in [4.78, 5) is 10.6. The lowest BCUT2D eigenvalue weighted by Gasteiger charge is -2.13. The Bertz CT molecular complexity index is 393. The van der Waals surface area contributed by atoms with Crippen LogP contribution in [0.4, 0.5) is 0 Å². The average Bonchev–Trinajstić information content (AvgIpc) is 2.20. The molecule has 0 bridgehead atoms. The number of hydrogen-bond donors (Lipinski definition) is 2. The molecule has 16 heavy (non-hydrogen) atoms. The zero-order valence-electron chi connectivity index (χ0n) is 9.11. The van der Waals surface area contributed by atoms with Gasteiger partial charge in [-0.15, -0.1) is 0 Å². The Hall–Kier alpha value is -1.26. The summed E-state index contributed by atoms with van der Waals surface area (Å²) in [6.07, 6.45) is -0.932. The molecule has 0 saturated carbocycles. The second kappa shape index (κ2) is 5.18. The molecule has 0 amide bonds. The Morgan fingerprint density at radius 3 is 2.56 bits per heavy atom. The van der Waals surface area contributed by atoms with Gasteiger partial charge < -0.3 is 15.6 Å².